The minimum Gasteiger partial charge on any atom is -0.353 e. The standard InChI is InChI=1S/C23H23N5S/c1-2-27-11-13-28(14-12-27)22-20-19(17-7-4-3-5-8-17)16-29-23(20)26-21(25-22)18-9-6-10-24-15-18/h3-10,15-16H,2,11-14H2,1H3. The second kappa shape index (κ2) is 7.89. The summed E-state index contributed by atoms with van der Waals surface area (Å²) < 4.78 is 0. The lowest BCUT2D eigenvalue weighted by Crippen LogP contribution is -2.46. The molecule has 29 heavy (non-hydrogen) atoms. The van der Waals surface area contributed by atoms with E-state index in [9.17, 15) is 0 Å². The molecule has 0 radical (unpaired) electrons. The number of aromatic nitrogens is 3. The largest absolute Gasteiger partial charge is 0.353 e. The fourth-order valence-electron chi connectivity index (χ4n) is 3.88. The Morgan fingerprint density at radius 1 is 0.931 bits per heavy atom. The minimum absolute atomic E-state index is 0.750. The summed E-state index contributed by atoms with van der Waals surface area (Å²) in [7, 11) is 0. The molecule has 1 aromatic carbocycles. The molecular weight excluding hydrogens is 378 g/mol. The molecule has 5 nitrogen and oxygen atoms in total. The van der Waals surface area contributed by atoms with Crippen molar-refractivity contribution in [3.8, 4) is 22.5 Å². The highest BCUT2D eigenvalue weighted by Gasteiger charge is 2.23. The number of piperazine rings is 1. The van der Waals surface area contributed by atoms with Crippen LogP contribution < -0.4 is 4.90 Å². The van der Waals surface area contributed by atoms with Gasteiger partial charge in [0.05, 0.1) is 5.39 Å². The third-order valence-electron chi connectivity index (χ3n) is 5.54. The fraction of sp³-hybridized carbons (Fsp3) is 0.261. The molecule has 0 amide bonds. The summed E-state index contributed by atoms with van der Waals surface area (Å²) in [5.41, 5.74) is 3.39. The first-order valence-electron chi connectivity index (χ1n) is 10.1. The predicted molar refractivity (Wildman–Crippen MR) is 120 cm³/mol. The molecule has 0 bridgehead atoms. The Morgan fingerprint density at radius 3 is 2.45 bits per heavy atom. The van der Waals surface area contributed by atoms with Gasteiger partial charge in [-0.15, -0.1) is 11.3 Å². The summed E-state index contributed by atoms with van der Waals surface area (Å²) in [5.74, 6) is 1.80. The van der Waals surface area contributed by atoms with Gasteiger partial charge in [-0.1, -0.05) is 37.3 Å². The lowest BCUT2D eigenvalue weighted by Gasteiger charge is -2.35. The van der Waals surface area contributed by atoms with Crippen LogP contribution in [0.5, 0.6) is 0 Å². The van der Waals surface area contributed by atoms with Crippen LogP contribution in [0.4, 0.5) is 5.82 Å². The van der Waals surface area contributed by atoms with Gasteiger partial charge in [-0.05, 0) is 24.2 Å². The van der Waals surface area contributed by atoms with E-state index in [0.717, 1.165) is 54.8 Å². The SMILES string of the molecule is CCN1CCN(c2nc(-c3cccnc3)nc3scc(-c4ccccc4)c23)CC1. The maximum atomic E-state index is 5.07. The second-order valence-corrected chi connectivity index (χ2v) is 8.09. The minimum atomic E-state index is 0.750. The molecule has 0 spiro atoms. The van der Waals surface area contributed by atoms with E-state index in [2.05, 4.69) is 57.4 Å². The molecule has 0 aliphatic carbocycles. The molecule has 1 aliphatic rings. The van der Waals surface area contributed by atoms with Crippen LogP contribution in [0.15, 0.2) is 60.2 Å². The summed E-state index contributed by atoms with van der Waals surface area (Å²) in [6.45, 7) is 7.42. The van der Waals surface area contributed by atoms with E-state index in [4.69, 9.17) is 9.97 Å². The van der Waals surface area contributed by atoms with Crippen molar-refractivity contribution in [2.45, 2.75) is 6.92 Å². The third kappa shape index (κ3) is 3.50. The first-order valence-corrected chi connectivity index (χ1v) is 10.9. The lowest BCUT2D eigenvalue weighted by molar-refractivity contribution is 0.271. The van der Waals surface area contributed by atoms with Crippen LogP contribution in [-0.4, -0.2) is 52.6 Å². The normalized spacial score (nSPS) is 15.1. The molecule has 1 fully saturated rings. The van der Waals surface area contributed by atoms with E-state index in [-0.39, 0.29) is 0 Å². The zero-order valence-electron chi connectivity index (χ0n) is 16.5. The summed E-state index contributed by atoms with van der Waals surface area (Å²) in [6.07, 6.45) is 3.62. The number of pyridine rings is 1. The Bertz CT molecular complexity index is 1100. The number of nitrogens with zero attached hydrogens (tertiary/aromatic N) is 5. The Balaban J connectivity index is 1.67. The average Bonchev–Trinajstić information content (AvgIpc) is 3.24. The first-order chi connectivity index (χ1) is 14.3. The molecule has 0 atom stereocenters. The van der Waals surface area contributed by atoms with Gasteiger partial charge in [0, 0.05) is 55.1 Å². The van der Waals surface area contributed by atoms with Crippen LogP contribution in [0.1, 0.15) is 6.92 Å². The van der Waals surface area contributed by atoms with Gasteiger partial charge in [-0.25, -0.2) is 9.97 Å². The van der Waals surface area contributed by atoms with Crippen molar-refractivity contribution in [1.29, 1.82) is 0 Å². The molecule has 5 rings (SSSR count). The van der Waals surface area contributed by atoms with Crippen molar-refractivity contribution in [3.05, 3.63) is 60.2 Å². The zero-order chi connectivity index (χ0) is 19.6. The molecule has 1 aliphatic heterocycles. The number of hydrogen-bond donors (Lipinski definition) is 0. The van der Waals surface area contributed by atoms with Crippen LogP contribution in [0.25, 0.3) is 32.7 Å². The molecule has 4 aromatic rings. The van der Waals surface area contributed by atoms with Crippen LogP contribution >= 0.6 is 11.3 Å². The number of likely N-dealkylation sites (N-methyl/N-ethyl adjacent to an activating group) is 1. The van der Waals surface area contributed by atoms with Crippen molar-refractivity contribution < 1.29 is 0 Å². The Morgan fingerprint density at radius 2 is 1.72 bits per heavy atom. The number of thiophene rings is 1. The number of fused-ring (bicyclic) bond motifs is 1. The van der Waals surface area contributed by atoms with Crippen molar-refractivity contribution in [2.75, 3.05) is 37.6 Å². The molecule has 0 unspecified atom stereocenters. The van der Waals surface area contributed by atoms with Crippen LogP contribution in [-0.2, 0) is 0 Å². The highest BCUT2D eigenvalue weighted by Crippen LogP contribution is 2.39. The Hall–Kier alpha value is -2.83. The first kappa shape index (κ1) is 18.2. The maximum absolute atomic E-state index is 5.07. The average molecular weight is 402 g/mol. The van der Waals surface area contributed by atoms with Gasteiger partial charge in [-0.3, -0.25) is 4.98 Å². The van der Waals surface area contributed by atoms with Crippen molar-refractivity contribution in [3.63, 3.8) is 0 Å². The summed E-state index contributed by atoms with van der Waals surface area (Å²) in [6, 6.07) is 14.5. The van der Waals surface area contributed by atoms with Gasteiger partial charge in [0.2, 0.25) is 0 Å². The van der Waals surface area contributed by atoms with E-state index in [1.807, 2.05) is 18.3 Å². The molecule has 4 heterocycles. The van der Waals surface area contributed by atoms with Gasteiger partial charge in [0.25, 0.3) is 0 Å². The van der Waals surface area contributed by atoms with E-state index in [0.29, 0.717) is 0 Å². The Kier molecular flexibility index (Phi) is 4.96. The van der Waals surface area contributed by atoms with E-state index in [1.54, 1.807) is 17.5 Å². The monoisotopic (exact) mass is 401 g/mol. The van der Waals surface area contributed by atoms with Gasteiger partial charge in [-0.2, -0.15) is 0 Å². The lowest BCUT2D eigenvalue weighted by atomic mass is 10.1. The maximum Gasteiger partial charge on any atom is 0.164 e. The smallest absolute Gasteiger partial charge is 0.164 e. The van der Waals surface area contributed by atoms with Crippen LogP contribution in [0.2, 0.25) is 0 Å². The van der Waals surface area contributed by atoms with Crippen LogP contribution in [0.3, 0.4) is 0 Å². The highest BCUT2D eigenvalue weighted by molar-refractivity contribution is 7.17. The number of benzene rings is 1. The topological polar surface area (TPSA) is 45.2 Å². The van der Waals surface area contributed by atoms with Crippen LogP contribution in [0, 0.1) is 0 Å². The number of anilines is 1. The fourth-order valence-corrected chi connectivity index (χ4v) is 4.82. The molecular formula is C23H23N5S. The van der Waals surface area contributed by atoms with E-state index >= 15 is 0 Å². The van der Waals surface area contributed by atoms with Crippen molar-refractivity contribution >= 4 is 27.4 Å². The number of rotatable bonds is 4. The molecule has 146 valence electrons. The molecule has 0 N–H and O–H groups in total. The second-order valence-electron chi connectivity index (χ2n) is 7.23. The number of hydrogen-bond acceptors (Lipinski definition) is 6. The van der Waals surface area contributed by atoms with Gasteiger partial charge in [0.1, 0.15) is 10.6 Å². The van der Waals surface area contributed by atoms with E-state index in [1.165, 1.54) is 16.5 Å². The Labute approximate surface area is 174 Å². The summed E-state index contributed by atoms with van der Waals surface area (Å²) >= 11 is 1.69. The quantitative estimate of drug-likeness (QED) is 0.501. The molecule has 0 saturated carbocycles. The highest BCUT2D eigenvalue weighted by atomic mass is 32.1. The molecule has 6 heteroatoms. The van der Waals surface area contributed by atoms with E-state index < -0.39 is 0 Å². The molecule has 1 saturated heterocycles. The molecule has 3 aromatic heterocycles. The van der Waals surface area contributed by atoms with Crippen molar-refractivity contribution in [2.24, 2.45) is 0 Å². The third-order valence-corrected chi connectivity index (χ3v) is 6.41. The summed E-state index contributed by atoms with van der Waals surface area (Å²) in [4.78, 5) is 20.2. The zero-order valence-corrected chi connectivity index (χ0v) is 17.3. The van der Waals surface area contributed by atoms with Gasteiger partial charge < -0.3 is 9.80 Å². The summed E-state index contributed by atoms with van der Waals surface area (Å²) in [5, 5.41) is 3.38. The van der Waals surface area contributed by atoms with Crippen molar-refractivity contribution in [1.82, 2.24) is 19.9 Å². The van der Waals surface area contributed by atoms with Gasteiger partial charge >= 0.3 is 0 Å². The predicted octanol–water partition coefficient (Wildman–Crippen LogP) is 4.56. The van der Waals surface area contributed by atoms with Gasteiger partial charge in [0.15, 0.2) is 5.82 Å².